The molecule has 2 aromatic carbocycles. The van der Waals surface area contributed by atoms with Crippen LogP contribution < -0.4 is 21.2 Å². The summed E-state index contributed by atoms with van der Waals surface area (Å²) < 4.78 is 0. The van der Waals surface area contributed by atoms with Gasteiger partial charge in [0.15, 0.2) is 5.11 Å². The van der Waals surface area contributed by atoms with Gasteiger partial charge in [-0.3, -0.25) is 0 Å². The van der Waals surface area contributed by atoms with E-state index >= 15 is 0 Å². The minimum atomic E-state index is -0.391. The zero-order chi connectivity index (χ0) is 23.2. The van der Waals surface area contributed by atoms with E-state index in [4.69, 9.17) is 12.2 Å². The maximum atomic E-state index is 5.84. The van der Waals surface area contributed by atoms with Crippen molar-refractivity contribution >= 4 is 35.9 Å². The van der Waals surface area contributed by atoms with E-state index in [0.29, 0.717) is 29.7 Å². The van der Waals surface area contributed by atoms with Crippen molar-refractivity contribution in [3.05, 3.63) is 60.7 Å². The Bertz CT molecular complexity index is 836. The molecule has 0 aromatic heterocycles. The number of thiocarbonyl (C=S) groups is 1. The molecule has 0 aliphatic heterocycles. The third-order valence-corrected chi connectivity index (χ3v) is 10.9. The fourth-order valence-electron chi connectivity index (χ4n) is 6.00. The van der Waals surface area contributed by atoms with Crippen LogP contribution in [0.1, 0.15) is 51.9 Å². The second kappa shape index (κ2) is 11.8. The number of likely N-dealkylation sites (N-methyl/N-ethyl adjacent to an activating group) is 1. The van der Waals surface area contributed by atoms with Gasteiger partial charge in [0.2, 0.25) is 0 Å². The molecule has 5 atom stereocenters. The normalized spacial score (nSPS) is 26.3. The third kappa shape index (κ3) is 6.15. The Labute approximate surface area is 207 Å². The lowest BCUT2D eigenvalue weighted by Gasteiger charge is -2.38. The van der Waals surface area contributed by atoms with Crippen LogP contribution >= 0.6 is 20.1 Å². The molecule has 1 unspecified atom stereocenters. The van der Waals surface area contributed by atoms with E-state index in [0.717, 1.165) is 5.11 Å². The van der Waals surface area contributed by atoms with Gasteiger partial charge in [-0.2, -0.15) is 0 Å². The van der Waals surface area contributed by atoms with E-state index in [1.165, 1.54) is 55.6 Å². The number of hydrogen-bond acceptors (Lipinski definition) is 2. The van der Waals surface area contributed by atoms with Gasteiger partial charge in [0.25, 0.3) is 0 Å². The van der Waals surface area contributed by atoms with Crippen LogP contribution in [0.2, 0.25) is 0 Å². The fourth-order valence-corrected chi connectivity index (χ4v) is 9.62. The third-order valence-electron chi connectivity index (χ3n) is 7.64. The van der Waals surface area contributed by atoms with E-state index in [1.807, 2.05) is 0 Å². The number of hydrogen-bond donors (Lipinski definition) is 2. The van der Waals surface area contributed by atoms with Gasteiger partial charge in [-0.05, 0) is 89.0 Å². The minimum Gasteiger partial charge on any atom is -0.360 e. The molecule has 0 spiro atoms. The summed E-state index contributed by atoms with van der Waals surface area (Å²) in [5.74, 6) is 0.632. The van der Waals surface area contributed by atoms with Crippen molar-refractivity contribution < 1.29 is 0 Å². The first-order valence-electron chi connectivity index (χ1n) is 12.7. The average Bonchev–Trinajstić information content (AvgIpc) is 3.30. The first-order chi connectivity index (χ1) is 16.0. The molecule has 2 aliphatic rings. The molecular formula is C28H40N3PS. The summed E-state index contributed by atoms with van der Waals surface area (Å²) in [5.41, 5.74) is 0.680. The van der Waals surface area contributed by atoms with Crippen LogP contribution in [0.15, 0.2) is 60.7 Å². The number of nitrogens with one attached hydrogen (secondary N) is 2. The van der Waals surface area contributed by atoms with Gasteiger partial charge in [-0.15, -0.1) is 0 Å². The van der Waals surface area contributed by atoms with Crippen molar-refractivity contribution in [1.82, 2.24) is 15.5 Å². The molecule has 0 saturated heterocycles. The molecule has 178 valence electrons. The molecule has 0 amide bonds. The average molecular weight is 482 g/mol. The molecule has 3 nitrogen and oxygen atoms in total. The van der Waals surface area contributed by atoms with Gasteiger partial charge in [-0.25, -0.2) is 0 Å². The Balaban J connectivity index is 1.47. The molecule has 5 heteroatoms. The second-order valence-corrected chi connectivity index (χ2v) is 12.9. The highest BCUT2D eigenvalue weighted by Crippen LogP contribution is 2.50. The highest BCUT2D eigenvalue weighted by Gasteiger charge is 2.38. The van der Waals surface area contributed by atoms with Crippen molar-refractivity contribution in [2.75, 3.05) is 14.1 Å². The lowest BCUT2D eigenvalue weighted by atomic mass is 9.89. The lowest BCUT2D eigenvalue weighted by Crippen LogP contribution is -2.55. The molecule has 2 fully saturated rings. The quantitative estimate of drug-likeness (QED) is 0.429. The summed E-state index contributed by atoms with van der Waals surface area (Å²) in [7, 11) is 4.00. The predicted octanol–water partition coefficient (Wildman–Crippen LogP) is 5.01. The van der Waals surface area contributed by atoms with Crippen LogP contribution in [0.3, 0.4) is 0 Å². The Morgan fingerprint density at radius 3 is 2.09 bits per heavy atom. The molecule has 2 aliphatic carbocycles. The van der Waals surface area contributed by atoms with Crippen LogP contribution in [0.4, 0.5) is 0 Å². The first kappa shape index (κ1) is 24.6. The first-order valence-corrected chi connectivity index (χ1v) is 14.5. The van der Waals surface area contributed by atoms with Crippen LogP contribution in [0, 0.1) is 5.92 Å². The van der Waals surface area contributed by atoms with E-state index < -0.39 is 7.92 Å². The van der Waals surface area contributed by atoms with Gasteiger partial charge in [-0.1, -0.05) is 79.9 Å². The summed E-state index contributed by atoms with van der Waals surface area (Å²) in [5, 5.41) is 11.3. The molecule has 4 rings (SSSR count). The molecule has 2 saturated carbocycles. The second-order valence-electron chi connectivity index (χ2n) is 10.0. The molecule has 0 radical (unpaired) electrons. The van der Waals surface area contributed by atoms with Crippen LogP contribution in [0.25, 0.3) is 0 Å². The summed E-state index contributed by atoms with van der Waals surface area (Å²) in [4.78, 5) is 2.36. The predicted molar refractivity (Wildman–Crippen MR) is 148 cm³/mol. The molecule has 0 bridgehead atoms. The molecule has 2 N–H and O–H groups in total. The van der Waals surface area contributed by atoms with Crippen molar-refractivity contribution in [3.63, 3.8) is 0 Å². The summed E-state index contributed by atoms with van der Waals surface area (Å²) in [6.07, 6.45) is 8.98. The number of nitrogens with zero attached hydrogens (tertiary/aromatic N) is 1. The summed E-state index contributed by atoms with van der Waals surface area (Å²) in [6, 6.07) is 23.8. The van der Waals surface area contributed by atoms with Crippen molar-refractivity contribution in [2.45, 2.75) is 75.7 Å². The van der Waals surface area contributed by atoms with Crippen LogP contribution in [-0.2, 0) is 0 Å². The Morgan fingerprint density at radius 2 is 1.48 bits per heavy atom. The Kier molecular flexibility index (Phi) is 8.79. The van der Waals surface area contributed by atoms with Gasteiger partial charge in [0.05, 0.1) is 0 Å². The molecular weight excluding hydrogens is 441 g/mol. The van der Waals surface area contributed by atoms with E-state index in [1.54, 1.807) is 0 Å². The largest absolute Gasteiger partial charge is 0.360 e. The van der Waals surface area contributed by atoms with Crippen LogP contribution in [-0.4, -0.2) is 47.9 Å². The number of rotatable bonds is 7. The zero-order valence-corrected chi connectivity index (χ0v) is 22.1. The van der Waals surface area contributed by atoms with E-state index in [-0.39, 0.29) is 0 Å². The maximum absolute atomic E-state index is 5.84. The van der Waals surface area contributed by atoms with Crippen LogP contribution in [0.5, 0.6) is 0 Å². The smallest absolute Gasteiger partial charge is 0.166 e. The van der Waals surface area contributed by atoms with Gasteiger partial charge in [0, 0.05) is 18.1 Å². The van der Waals surface area contributed by atoms with Gasteiger partial charge >= 0.3 is 0 Å². The highest BCUT2D eigenvalue weighted by atomic mass is 32.1. The van der Waals surface area contributed by atoms with E-state index in [2.05, 4.69) is 97.2 Å². The molecule has 33 heavy (non-hydrogen) atoms. The highest BCUT2D eigenvalue weighted by molar-refractivity contribution is 7.80. The monoisotopic (exact) mass is 481 g/mol. The fraction of sp³-hybridized carbons (Fsp3) is 0.536. The summed E-state index contributed by atoms with van der Waals surface area (Å²) in [6.45, 7) is 2.35. The molecule has 2 aromatic rings. The Morgan fingerprint density at radius 1 is 0.879 bits per heavy atom. The van der Waals surface area contributed by atoms with Gasteiger partial charge < -0.3 is 15.5 Å². The molecule has 0 heterocycles. The lowest BCUT2D eigenvalue weighted by molar-refractivity contribution is 0.189. The van der Waals surface area contributed by atoms with E-state index in [9.17, 15) is 0 Å². The van der Waals surface area contributed by atoms with Gasteiger partial charge in [0.1, 0.15) is 0 Å². The minimum absolute atomic E-state index is 0.372. The van der Waals surface area contributed by atoms with Crippen molar-refractivity contribution in [2.24, 2.45) is 5.92 Å². The standard InChI is InChI=1S/C28H40N3PS/c1-21(29-28(33)30-25-18-10-11-19-26(25)31(2)3)24-17-12-20-27(24)32(22-13-6-4-7-14-22)23-15-8-5-9-16-23/h4-9,13-16,21,24-27H,10-12,17-20H2,1-3H3,(H2,29,30,33)/t21-,24+,25-,26-,27?/m1/s1. The SMILES string of the molecule is C[C@@H](NC(=S)N[C@@H]1CCCC[C@H]1N(C)C)[C@@H]1CCCC1P(c1ccccc1)c1ccccc1. The number of benzene rings is 2. The maximum Gasteiger partial charge on any atom is 0.166 e. The summed E-state index contributed by atoms with van der Waals surface area (Å²) >= 11 is 5.84. The topological polar surface area (TPSA) is 27.3 Å². The van der Waals surface area contributed by atoms with Crippen molar-refractivity contribution in [1.29, 1.82) is 0 Å². The zero-order valence-electron chi connectivity index (χ0n) is 20.4. The Hall–Kier alpha value is -1.48. The van der Waals surface area contributed by atoms with Crippen molar-refractivity contribution in [3.8, 4) is 0 Å².